The molecular weight excluding hydrogens is 520 g/mol. The van der Waals surface area contributed by atoms with Crippen molar-refractivity contribution in [2.45, 2.75) is 12.5 Å². The van der Waals surface area contributed by atoms with E-state index in [1.807, 2.05) is 12.3 Å². The van der Waals surface area contributed by atoms with Crippen LogP contribution in [0.2, 0.25) is 0 Å². The van der Waals surface area contributed by atoms with Crippen LogP contribution in [0.5, 0.6) is 0 Å². The summed E-state index contributed by atoms with van der Waals surface area (Å²) in [6.45, 7) is 4.83. The zero-order valence-electron chi connectivity index (χ0n) is 18.3. The van der Waals surface area contributed by atoms with Gasteiger partial charge in [-0.15, -0.1) is 24.0 Å². The molecule has 3 N–H and O–H groups in total. The average molecular weight is 551 g/mol. The summed E-state index contributed by atoms with van der Waals surface area (Å²) in [6, 6.07) is 15.6. The van der Waals surface area contributed by atoms with Crippen molar-refractivity contribution in [3.63, 3.8) is 0 Å². The average Bonchev–Trinajstić information content (AvgIpc) is 3.21. The Bertz CT molecular complexity index is 1000. The zero-order chi connectivity index (χ0) is 21.5. The van der Waals surface area contributed by atoms with Crippen LogP contribution >= 0.6 is 24.0 Å². The van der Waals surface area contributed by atoms with Gasteiger partial charge in [0.05, 0.1) is 19.3 Å². The molecule has 1 atom stereocenters. The van der Waals surface area contributed by atoms with E-state index in [4.69, 9.17) is 4.74 Å². The Labute approximate surface area is 205 Å². The molecule has 1 aliphatic heterocycles. The number of halogens is 2. The molecule has 0 aliphatic carbocycles. The minimum atomic E-state index is -0.214. The molecule has 0 saturated carbocycles. The molecule has 1 fully saturated rings. The Balaban J connectivity index is 0.00000289. The van der Waals surface area contributed by atoms with Crippen molar-refractivity contribution in [1.82, 2.24) is 20.5 Å². The second kappa shape index (κ2) is 12.2. The number of H-pyrrole nitrogens is 1. The number of guanidine groups is 1. The largest absolute Gasteiger partial charge is 0.379 e. The molecule has 8 heteroatoms. The van der Waals surface area contributed by atoms with Crippen LogP contribution in [0, 0.1) is 5.82 Å². The maximum atomic E-state index is 13.6. The summed E-state index contributed by atoms with van der Waals surface area (Å²) >= 11 is 0. The number of nitrogens with one attached hydrogen (secondary N) is 3. The molecule has 172 valence electrons. The summed E-state index contributed by atoms with van der Waals surface area (Å²) in [7, 11) is 1.78. The van der Waals surface area contributed by atoms with E-state index in [2.05, 4.69) is 49.8 Å². The SMILES string of the molecule is CN=C(NCCc1c[nH]c2ccc(F)cc12)NCC(c1ccccc1)N1CCOCC1.I. The van der Waals surface area contributed by atoms with Crippen LogP contribution in [0.25, 0.3) is 10.9 Å². The lowest BCUT2D eigenvalue weighted by Crippen LogP contribution is -2.46. The van der Waals surface area contributed by atoms with Gasteiger partial charge in [0.15, 0.2) is 5.96 Å². The fourth-order valence-electron chi connectivity index (χ4n) is 4.11. The van der Waals surface area contributed by atoms with Crippen LogP contribution in [-0.4, -0.2) is 62.3 Å². The number of aromatic amines is 1. The molecule has 1 saturated heterocycles. The lowest BCUT2D eigenvalue weighted by atomic mass is 10.0. The summed E-state index contributed by atoms with van der Waals surface area (Å²) in [5.41, 5.74) is 3.33. The number of morpholine rings is 1. The van der Waals surface area contributed by atoms with Crippen molar-refractivity contribution in [1.29, 1.82) is 0 Å². The first-order valence-electron chi connectivity index (χ1n) is 10.8. The van der Waals surface area contributed by atoms with Crippen LogP contribution in [0.1, 0.15) is 17.2 Å². The second-order valence-corrected chi connectivity index (χ2v) is 7.71. The number of benzene rings is 2. The van der Waals surface area contributed by atoms with Crippen molar-refractivity contribution < 1.29 is 9.13 Å². The highest BCUT2D eigenvalue weighted by molar-refractivity contribution is 14.0. The molecule has 6 nitrogen and oxygen atoms in total. The van der Waals surface area contributed by atoms with Crippen LogP contribution in [0.3, 0.4) is 0 Å². The first-order valence-corrected chi connectivity index (χ1v) is 10.8. The van der Waals surface area contributed by atoms with Crippen molar-refractivity contribution >= 4 is 40.8 Å². The van der Waals surface area contributed by atoms with Crippen LogP contribution in [-0.2, 0) is 11.2 Å². The molecule has 1 unspecified atom stereocenters. The van der Waals surface area contributed by atoms with Gasteiger partial charge in [-0.3, -0.25) is 9.89 Å². The molecular formula is C24H31FIN5O. The van der Waals surface area contributed by atoms with Gasteiger partial charge in [-0.05, 0) is 35.7 Å². The number of rotatable bonds is 7. The predicted molar refractivity (Wildman–Crippen MR) is 138 cm³/mol. The molecule has 1 aromatic heterocycles. The third kappa shape index (κ3) is 6.20. The fourth-order valence-corrected chi connectivity index (χ4v) is 4.11. The zero-order valence-corrected chi connectivity index (χ0v) is 20.6. The molecule has 0 spiro atoms. The summed E-state index contributed by atoms with van der Waals surface area (Å²) in [5, 5.41) is 7.80. The Kier molecular flexibility index (Phi) is 9.31. The highest BCUT2D eigenvalue weighted by Gasteiger charge is 2.22. The van der Waals surface area contributed by atoms with Crippen molar-refractivity contribution in [3.05, 3.63) is 71.7 Å². The van der Waals surface area contributed by atoms with Gasteiger partial charge >= 0.3 is 0 Å². The number of aliphatic imine (C=N–C) groups is 1. The lowest BCUT2D eigenvalue weighted by molar-refractivity contribution is 0.0170. The molecule has 3 aromatic rings. The van der Waals surface area contributed by atoms with Crippen molar-refractivity contribution in [2.24, 2.45) is 4.99 Å². The number of fused-ring (bicyclic) bond motifs is 1. The number of nitrogens with zero attached hydrogens (tertiary/aromatic N) is 2. The van der Waals surface area contributed by atoms with Gasteiger partial charge in [-0.25, -0.2) is 4.39 Å². The third-order valence-corrected chi connectivity index (χ3v) is 5.77. The van der Waals surface area contributed by atoms with Gasteiger partial charge in [-0.2, -0.15) is 0 Å². The third-order valence-electron chi connectivity index (χ3n) is 5.77. The first-order chi connectivity index (χ1) is 15.2. The van der Waals surface area contributed by atoms with E-state index in [0.717, 1.165) is 61.7 Å². The molecule has 2 heterocycles. The topological polar surface area (TPSA) is 64.7 Å². The molecule has 32 heavy (non-hydrogen) atoms. The van der Waals surface area contributed by atoms with E-state index in [1.54, 1.807) is 19.2 Å². The van der Waals surface area contributed by atoms with Gasteiger partial charge in [0.25, 0.3) is 0 Å². The number of hydrogen-bond acceptors (Lipinski definition) is 3. The Hall–Kier alpha value is -2.17. The molecule has 4 rings (SSSR count). The van der Waals surface area contributed by atoms with Crippen LogP contribution in [0.4, 0.5) is 4.39 Å². The first kappa shape index (κ1) is 24.5. The van der Waals surface area contributed by atoms with Crippen LogP contribution < -0.4 is 10.6 Å². The van der Waals surface area contributed by atoms with E-state index in [-0.39, 0.29) is 35.8 Å². The normalized spacial score (nSPS) is 15.9. The van der Waals surface area contributed by atoms with Gasteiger partial charge < -0.3 is 20.4 Å². The molecule has 1 aliphatic rings. The quantitative estimate of drug-likeness (QED) is 0.238. The number of ether oxygens (including phenoxy) is 1. The maximum absolute atomic E-state index is 13.6. The fraction of sp³-hybridized carbons (Fsp3) is 0.375. The lowest BCUT2D eigenvalue weighted by Gasteiger charge is -2.35. The Morgan fingerprint density at radius 1 is 1.16 bits per heavy atom. The molecule has 2 aromatic carbocycles. The summed E-state index contributed by atoms with van der Waals surface area (Å²) in [6.07, 6.45) is 2.72. The summed E-state index contributed by atoms with van der Waals surface area (Å²) in [4.78, 5) is 10.0. The standard InChI is InChI=1S/C24H30FN5O.HI/c1-26-24(27-10-9-19-16-28-22-8-7-20(25)15-21(19)22)29-17-23(18-5-3-2-4-6-18)30-11-13-31-14-12-30;/h2-8,15-16,23,28H,9-14,17H2,1H3,(H2,26,27,29);1H. The molecule has 0 amide bonds. The highest BCUT2D eigenvalue weighted by Crippen LogP contribution is 2.21. The number of aromatic nitrogens is 1. The van der Waals surface area contributed by atoms with Gasteiger partial charge in [0, 0.05) is 50.3 Å². The van der Waals surface area contributed by atoms with E-state index < -0.39 is 0 Å². The van der Waals surface area contributed by atoms with Crippen LogP contribution in [0.15, 0.2) is 59.7 Å². The van der Waals surface area contributed by atoms with E-state index in [9.17, 15) is 4.39 Å². The van der Waals surface area contributed by atoms with Crippen molar-refractivity contribution in [3.8, 4) is 0 Å². The van der Waals surface area contributed by atoms with E-state index >= 15 is 0 Å². The monoisotopic (exact) mass is 551 g/mol. The second-order valence-electron chi connectivity index (χ2n) is 7.71. The summed E-state index contributed by atoms with van der Waals surface area (Å²) in [5.74, 6) is 0.550. The number of hydrogen-bond donors (Lipinski definition) is 3. The molecule has 0 radical (unpaired) electrons. The van der Waals surface area contributed by atoms with Crippen molar-refractivity contribution in [2.75, 3.05) is 46.4 Å². The minimum Gasteiger partial charge on any atom is -0.379 e. The Morgan fingerprint density at radius 3 is 2.69 bits per heavy atom. The van der Waals surface area contributed by atoms with Gasteiger partial charge in [0.1, 0.15) is 5.82 Å². The van der Waals surface area contributed by atoms with E-state index in [1.165, 1.54) is 11.6 Å². The van der Waals surface area contributed by atoms with Gasteiger partial charge in [-0.1, -0.05) is 30.3 Å². The smallest absolute Gasteiger partial charge is 0.191 e. The van der Waals surface area contributed by atoms with E-state index in [0.29, 0.717) is 6.54 Å². The highest BCUT2D eigenvalue weighted by atomic mass is 127. The molecule has 0 bridgehead atoms. The Morgan fingerprint density at radius 2 is 1.94 bits per heavy atom. The maximum Gasteiger partial charge on any atom is 0.191 e. The predicted octanol–water partition coefficient (Wildman–Crippen LogP) is 3.71. The summed E-state index contributed by atoms with van der Waals surface area (Å²) < 4.78 is 19.1. The minimum absolute atomic E-state index is 0. The van der Waals surface area contributed by atoms with Gasteiger partial charge in [0.2, 0.25) is 0 Å².